The van der Waals surface area contributed by atoms with Gasteiger partial charge in [0, 0.05) is 12.8 Å². The molecule has 0 saturated carbocycles. The molecule has 6 nitrogen and oxygen atoms in total. The van der Waals surface area contributed by atoms with E-state index >= 15 is 0 Å². The van der Waals surface area contributed by atoms with E-state index in [4.69, 9.17) is 4.74 Å². The molecule has 2 atom stereocenters. The first-order valence-electron chi connectivity index (χ1n) is 30.0. The van der Waals surface area contributed by atoms with E-state index in [9.17, 15) is 19.8 Å². The Morgan fingerprint density at radius 1 is 0.409 bits per heavy atom. The van der Waals surface area contributed by atoms with Crippen molar-refractivity contribution in [2.24, 2.45) is 0 Å². The van der Waals surface area contributed by atoms with Crippen molar-refractivity contribution in [1.82, 2.24) is 5.32 Å². The first kappa shape index (κ1) is 64.6. The molecule has 392 valence electrons. The quantitative estimate of drug-likeness (QED) is 0.0321. The van der Waals surface area contributed by atoms with Crippen LogP contribution < -0.4 is 5.32 Å². The second-order valence-corrected chi connectivity index (χ2v) is 20.7. The maximum atomic E-state index is 12.5. The van der Waals surface area contributed by atoms with Crippen LogP contribution in [0.4, 0.5) is 0 Å². The van der Waals surface area contributed by atoms with Crippen LogP contribution in [0.25, 0.3) is 0 Å². The summed E-state index contributed by atoms with van der Waals surface area (Å²) in [6.07, 6.45) is 66.6. The molecule has 0 saturated heterocycles. The van der Waals surface area contributed by atoms with Crippen molar-refractivity contribution in [3.63, 3.8) is 0 Å². The number of ether oxygens (including phenoxy) is 1. The van der Waals surface area contributed by atoms with Gasteiger partial charge in [-0.05, 0) is 32.1 Å². The fourth-order valence-corrected chi connectivity index (χ4v) is 9.46. The zero-order chi connectivity index (χ0) is 47.9. The second kappa shape index (κ2) is 56.2. The van der Waals surface area contributed by atoms with Gasteiger partial charge < -0.3 is 20.3 Å². The van der Waals surface area contributed by atoms with Crippen LogP contribution in [0.2, 0.25) is 0 Å². The molecule has 0 aliphatic heterocycles. The molecule has 0 aliphatic rings. The first-order chi connectivity index (χ1) is 32.5. The van der Waals surface area contributed by atoms with E-state index in [1.54, 1.807) is 6.08 Å². The van der Waals surface area contributed by atoms with Crippen LogP contribution in [-0.4, -0.2) is 47.4 Å². The molecule has 3 N–H and O–H groups in total. The second-order valence-electron chi connectivity index (χ2n) is 20.7. The number of aliphatic hydroxyl groups excluding tert-OH is 2. The Kier molecular flexibility index (Phi) is 55.0. The van der Waals surface area contributed by atoms with Crippen molar-refractivity contribution < 1.29 is 24.5 Å². The first-order valence-corrected chi connectivity index (χ1v) is 30.0. The minimum absolute atomic E-state index is 0.0158. The number of rotatable bonds is 56. The molecule has 0 heterocycles. The Morgan fingerprint density at radius 2 is 0.697 bits per heavy atom. The van der Waals surface area contributed by atoms with Crippen LogP contribution in [0.3, 0.4) is 0 Å². The summed E-state index contributed by atoms with van der Waals surface area (Å²) < 4.78 is 5.48. The Bertz CT molecular complexity index is 986. The van der Waals surface area contributed by atoms with E-state index in [2.05, 4.69) is 19.2 Å². The van der Waals surface area contributed by atoms with E-state index < -0.39 is 12.1 Å². The highest BCUT2D eigenvalue weighted by Crippen LogP contribution is 2.18. The van der Waals surface area contributed by atoms with Gasteiger partial charge in [0.25, 0.3) is 0 Å². The van der Waals surface area contributed by atoms with Gasteiger partial charge >= 0.3 is 5.97 Å². The molecule has 66 heavy (non-hydrogen) atoms. The Hall–Kier alpha value is -1.40. The lowest BCUT2D eigenvalue weighted by atomic mass is 10.0. The summed E-state index contributed by atoms with van der Waals surface area (Å²) in [6.45, 7) is 4.88. The van der Waals surface area contributed by atoms with E-state index in [-0.39, 0.29) is 18.5 Å². The van der Waals surface area contributed by atoms with Crippen molar-refractivity contribution in [2.45, 2.75) is 347 Å². The molecule has 0 fully saturated rings. The minimum Gasteiger partial charge on any atom is -0.466 e. The molecule has 0 spiro atoms. The maximum absolute atomic E-state index is 12.5. The fourth-order valence-electron chi connectivity index (χ4n) is 9.46. The highest BCUT2D eigenvalue weighted by Gasteiger charge is 2.18. The number of allylic oxidation sites excluding steroid dienone is 1. The van der Waals surface area contributed by atoms with Gasteiger partial charge in [0.2, 0.25) is 5.91 Å². The van der Waals surface area contributed by atoms with Crippen LogP contribution in [0.1, 0.15) is 335 Å². The SMILES string of the molecule is CCCCCCCCCCCCCCCCCCCCCC/C=C/C(O)C(CO)NC(=O)CCCCCCCCCCCCOC(=O)CCCCCCCCCCCCCCCCCCC. The van der Waals surface area contributed by atoms with E-state index in [0.29, 0.717) is 19.4 Å². The summed E-state index contributed by atoms with van der Waals surface area (Å²) in [5, 5.41) is 23.2. The molecule has 0 aromatic carbocycles. The number of hydrogen-bond donors (Lipinski definition) is 3. The van der Waals surface area contributed by atoms with E-state index in [1.165, 1.54) is 250 Å². The molecule has 0 aliphatic carbocycles. The van der Waals surface area contributed by atoms with Crippen LogP contribution in [0.5, 0.6) is 0 Å². The highest BCUT2D eigenvalue weighted by molar-refractivity contribution is 5.76. The molecule has 6 heteroatoms. The van der Waals surface area contributed by atoms with Crippen molar-refractivity contribution >= 4 is 11.9 Å². The van der Waals surface area contributed by atoms with Crippen LogP contribution in [0.15, 0.2) is 12.2 Å². The molecule has 0 bridgehead atoms. The smallest absolute Gasteiger partial charge is 0.305 e. The molecule has 0 rings (SSSR count). The molecule has 1 amide bonds. The maximum Gasteiger partial charge on any atom is 0.305 e. The standard InChI is InChI=1S/C60H117NO5/c1-3-5-7-9-11-13-15-17-19-21-22-23-24-25-27-28-30-32-36-40-44-48-52-58(63)57(56-62)61-59(64)53-49-45-41-37-34-35-39-43-47-51-55-66-60(65)54-50-46-42-38-33-31-29-26-20-18-16-14-12-10-8-6-4-2/h48,52,57-58,62-63H,3-47,49-51,53-56H2,1-2H3,(H,61,64)/b52-48+. The molecule has 0 aromatic rings. The minimum atomic E-state index is -0.859. The third kappa shape index (κ3) is 52.0. The van der Waals surface area contributed by atoms with Gasteiger partial charge in [-0.3, -0.25) is 9.59 Å². The van der Waals surface area contributed by atoms with E-state index in [0.717, 1.165) is 57.8 Å². The molecule has 0 radical (unpaired) electrons. The average Bonchev–Trinajstić information content (AvgIpc) is 3.32. The summed E-state index contributed by atoms with van der Waals surface area (Å²) in [6, 6.07) is -0.644. The lowest BCUT2D eigenvalue weighted by molar-refractivity contribution is -0.143. The number of amides is 1. The normalized spacial score (nSPS) is 12.6. The summed E-state index contributed by atoms with van der Waals surface area (Å²) >= 11 is 0. The largest absolute Gasteiger partial charge is 0.466 e. The Morgan fingerprint density at radius 3 is 1.03 bits per heavy atom. The van der Waals surface area contributed by atoms with Crippen LogP contribution in [-0.2, 0) is 14.3 Å². The molecular weight excluding hydrogens is 815 g/mol. The number of nitrogens with one attached hydrogen (secondary N) is 1. The van der Waals surface area contributed by atoms with Gasteiger partial charge in [-0.15, -0.1) is 0 Å². The van der Waals surface area contributed by atoms with Gasteiger partial charge in [0.15, 0.2) is 0 Å². The van der Waals surface area contributed by atoms with Gasteiger partial charge in [-0.25, -0.2) is 0 Å². The topological polar surface area (TPSA) is 95.9 Å². The van der Waals surface area contributed by atoms with Gasteiger partial charge in [-0.2, -0.15) is 0 Å². The third-order valence-electron chi connectivity index (χ3n) is 14.1. The zero-order valence-electron chi connectivity index (χ0n) is 44.7. The van der Waals surface area contributed by atoms with Gasteiger partial charge in [0.1, 0.15) is 0 Å². The van der Waals surface area contributed by atoms with Crippen LogP contribution in [0, 0.1) is 0 Å². The monoisotopic (exact) mass is 932 g/mol. The number of unbranched alkanes of at least 4 members (excludes halogenated alkanes) is 45. The molecule has 2 unspecified atom stereocenters. The van der Waals surface area contributed by atoms with Crippen molar-refractivity contribution in [3.8, 4) is 0 Å². The summed E-state index contributed by atoms with van der Waals surface area (Å²) in [5.41, 5.74) is 0. The fraction of sp³-hybridized carbons (Fsp3) is 0.933. The number of carbonyl (C=O) groups is 2. The summed E-state index contributed by atoms with van der Waals surface area (Å²) in [5.74, 6) is -0.102. The summed E-state index contributed by atoms with van der Waals surface area (Å²) in [7, 11) is 0. The highest BCUT2D eigenvalue weighted by atomic mass is 16.5. The van der Waals surface area contributed by atoms with Gasteiger partial charge in [0.05, 0.1) is 25.4 Å². The number of aliphatic hydroxyl groups is 2. The number of carbonyl (C=O) groups excluding carboxylic acids is 2. The predicted molar refractivity (Wildman–Crippen MR) is 287 cm³/mol. The van der Waals surface area contributed by atoms with Crippen molar-refractivity contribution in [3.05, 3.63) is 12.2 Å². The van der Waals surface area contributed by atoms with Crippen molar-refractivity contribution in [2.75, 3.05) is 13.2 Å². The molecular formula is C60H117NO5. The summed E-state index contributed by atoms with van der Waals surface area (Å²) in [4.78, 5) is 24.6. The zero-order valence-corrected chi connectivity index (χ0v) is 44.7. The third-order valence-corrected chi connectivity index (χ3v) is 14.1. The van der Waals surface area contributed by atoms with Gasteiger partial charge in [-0.1, -0.05) is 302 Å². The lowest BCUT2D eigenvalue weighted by Gasteiger charge is -2.20. The number of hydrogen-bond acceptors (Lipinski definition) is 5. The Balaban J connectivity index is 3.48. The Labute approximate surface area is 412 Å². The predicted octanol–water partition coefficient (Wildman–Crippen LogP) is 18.5. The lowest BCUT2D eigenvalue weighted by Crippen LogP contribution is -2.45. The van der Waals surface area contributed by atoms with Crippen LogP contribution >= 0.6 is 0 Å². The average molecular weight is 933 g/mol. The number of esters is 1. The van der Waals surface area contributed by atoms with E-state index in [1.807, 2.05) is 6.08 Å². The molecule has 0 aromatic heterocycles. The van der Waals surface area contributed by atoms with Crippen molar-refractivity contribution in [1.29, 1.82) is 0 Å².